The van der Waals surface area contributed by atoms with Gasteiger partial charge in [0.2, 0.25) is 0 Å². The summed E-state index contributed by atoms with van der Waals surface area (Å²) in [5, 5.41) is 9.66. The van der Waals surface area contributed by atoms with Gasteiger partial charge in [-0.3, -0.25) is 10.7 Å². The molecule has 3 nitrogen and oxygen atoms in total. The SMILES string of the molecule is ONc1ccc2[nH]ccc2c1. The van der Waals surface area contributed by atoms with Crippen LogP contribution in [0.25, 0.3) is 10.9 Å². The lowest BCUT2D eigenvalue weighted by molar-refractivity contribution is 0.389. The number of aromatic amines is 1. The Labute approximate surface area is 63.6 Å². The van der Waals surface area contributed by atoms with Gasteiger partial charge in [-0.05, 0) is 24.3 Å². The molecule has 1 heterocycles. The van der Waals surface area contributed by atoms with Crippen LogP contribution in [0.2, 0.25) is 0 Å². The first-order valence-electron chi connectivity index (χ1n) is 3.37. The zero-order valence-electron chi connectivity index (χ0n) is 5.83. The third kappa shape index (κ3) is 0.951. The van der Waals surface area contributed by atoms with Gasteiger partial charge in [-0.25, -0.2) is 0 Å². The second-order valence-corrected chi connectivity index (χ2v) is 2.39. The van der Waals surface area contributed by atoms with Crippen molar-refractivity contribution in [2.45, 2.75) is 0 Å². The quantitative estimate of drug-likeness (QED) is 0.541. The highest BCUT2D eigenvalue weighted by molar-refractivity contribution is 5.82. The first-order valence-corrected chi connectivity index (χ1v) is 3.37. The number of nitrogens with one attached hydrogen (secondary N) is 2. The first kappa shape index (κ1) is 6.24. The van der Waals surface area contributed by atoms with Crippen LogP contribution >= 0.6 is 0 Å². The lowest BCUT2D eigenvalue weighted by Gasteiger charge is -1.96. The molecule has 0 bridgehead atoms. The van der Waals surface area contributed by atoms with E-state index < -0.39 is 0 Å². The highest BCUT2D eigenvalue weighted by Gasteiger charge is 1.93. The van der Waals surface area contributed by atoms with E-state index >= 15 is 0 Å². The lowest BCUT2D eigenvalue weighted by atomic mass is 10.2. The van der Waals surface area contributed by atoms with E-state index in [1.807, 2.05) is 24.4 Å². The van der Waals surface area contributed by atoms with E-state index in [0.717, 1.165) is 10.9 Å². The minimum absolute atomic E-state index is 0.706. The molecule has 0 aliphatic carbocycles. The Morgan fingerprint density at radius 3 is 3.00 bits per heavy atom. The smallest absolute Gasteiger partial charge is 0.0609 e. The van der Waals surface area contributed by atoms with Crippen LogP contribution in [0.3, 0.4) is 0 Å². The third-order valence-electron chi connectivity index (χ3n) is 1.68. The van der Waals surface area contributed by atoms with Crippen LogP contribution in [-0.2, 0) is 0 Å². The zero-order chi connectivity index (χ0) is 7.68. The minimum Gasteiger partial charge on any atom is -0.361 e. The van der Waals surface area contributed by atoms with E-state index in [2.05, 4.69) is 10.5 Å². The summed E-state index contributed by atoms with van der Waals surface area (Å²) in [5.41, 5.74) is 3.87. The van der Waals surface area contributed by atoms with E-state index in [1.54, 1.807) is 6.07 Å². The van der Waals surface area contributed by atoms with Crippen LogP contribution in [0, 0.1) is 0 Å². The van der Waals surface area contributed by atoms with Crippen molar-refractivity contribution >= 4 is 16.6 Å². The number of aromatic nitrogens is 1. The van der Waals surface area contributed by atoms with Crippen molar-refractivity contribution in [2.75, 3.05) is 5.48 Å². The number of fused-ring (bicyclic) bond motifs is 1. The summed E-state index contributed by atoms with van der Waals surface area (Å²) >= 11 is 0. The maximum Gasteiger partial charge on any atom is 0.0609 e. The van der Waals surface area contributed by atoms with Crippen molar-refractivity contribution in [2.24, 2.45) is 0 Å². The van der Waals surface area contributed by atoms with Gasteiger partial charge in [-0.1, -0.05) is 0 Å². The third-order valence-corrected chi connectivity index (χ3v) is 1.68. The Bertz CT molecular complexity index is 367. The Hall–Kier alpha value is -1.48. The van der Waals surface area contributed by atoms with E-state index in [9.17, 15) is 0 Å². The molecule has 0 atom stereocenters. The van der Waals surface area contributed by atoms with Crippen LogP contribution in [0.4, 0.5) is 5.69 Å². The number of H-pyrrole nitrogens is 1. The molecule has 0 fully saturated rings. The Morgan fingerprint density at radius 1 is 1.27 bits per heavy atom. The molecule has 0 spiro atoms. The van der Waals surface area contributed by atoms with Crippen LogP contribution in [0.1, 0.15) is 0 Å². The second kappa shape index (κ2) is 2.29. The zero-order valence-corrected chi connectivity index (χ0v) is 5.83. The first-order chi connectivity index (χ1) is 5.40. The number of benzene rings is 1. The molecule has 2 aromatic rings. The van der Waals surface area contributed by atoms with E-state index in [0.29, 0.717) is 5.69 Å². The summed E-state index contributed by atoms with van der Waals surface area (Å²) < 4.78 is 0. The average Bonchev–Trinajstić information content (AvgIpc) is 2.50. The average molecular weight is 148 g/mol. The number of anilines is 1. The van der Waals surface area contributed by atoms with Gasteiger partial charge in [-0.2, -0.15) is 0 Å². The molecule has 1 aromatic carbocycles. The van der Waals surface area contributed by atoms with Gasteiger partial charge < -0.3 is 4.98 Å². The molecule has 3 N–H and O–H groups in total. The number of rotatable bonds is 1. The Kier molecular flexibility index (Phi) is 1.30. The molecule has 1 aromatic heterocycles. The highest BCUT2D eigenvalue weighted by atomic mass is 16.5. The molecular weight excluding hydrogens is 140 g/mol. The van der Waals surface area contributed by atoms with Crippen LogP contribution < -0.4 is 5.48 Å². The number of hydrogen-bond acceptors (Lipinski definition) is 2. The fraction of sp³-hybridized carbons (Fsp3) is 0. The summed E-state index contributed by atoms with van der Waals surface area (Å²) in [4.78, 5) is 3.06. The summed E-state index contributed by atoms with van der Waals surface area (Å²) in [5.74, 6) is 0. The van der Waals surface area contributed by atoms with Gasteiger partial charge in [0.15, 0.2) is 0 Å². The summed E-state index contributed by atoms with van der Waals surface area (Å²) in [6.45, 7) is 0. The molecular formula is C8H8N2O. The molecule has 0 saturated carbocycles. The topological polar surface area (TPSA) is 48.0 Å². The Morgan fingerprint density at radius 2 is 2.18 bits per heavy atom. The van der Waals surface area contributed by atoms with Crippen molar-refractivity contribution in [1.82, 2.24) is 4.98 Å². The molecule has 0 saturated heterocycles. The van der Waals surface area contributed by atoms with Gasteiger partial charge in [0.1, 0.15) is 0 Å². The summed E-state index contributed by atoms with van der Waals surface area (Å²) in [6.07, 6.45) is 1.87. The maximum atomic E-state index is 8.57. The van der Waals surface area contributed by atoms with E-state index in [1.165, 1.54) is 0 Å². The normalized spacial score (nSPS) is 10.3. The van der Waals surface area contributed by atoms with Gasteiger partial charge in [0.25, 0.3) is 0 Å². The van der Waals surface area contributed by atoms with E-state index in [4.69, 9.17) is 5.21 Å². The van der Waals surface area contributed by atoms with Crippen molar-refractivity contribution in [3.63, 3.8) is 0 Å². The molecule has 2 rings (SSSR count). The molecule has 3 heteroatoms. The highest BCUT2D eigenvalue weighted by Crippen LogP contribution is 2.16. The van der Waals surface area contributed by atoms with Gasteiger partial charge >= 0.3 is 0 Å². The standard InChI is InChI=1S/C8H8N2O/c11-10-7-1-2-8-6(5-7)3-4-9-8/h1-5,9-11H. The fourth-order valence-corrected chi connectivity index (χ4v) is 1.12. The molecule has 0 unspecified atom stereocenters. The van der Waals surface area contributed by atoms with Gasteiger partial charge in [0, 0.05) is 17.1 Å². The molecule has 56 valence electrons. The Balaban J connectivity index is 2.67. The largest absolute Gasteiger partial charge is 0.361 e. The lowest BCUT2D eigenvalue weighted by Crippen LogP contribution is -1.86. The van der Waals surface area contributed by atoms with Crippen LogP contribution in [-0.4, -0.2) is 10.2 Å². The van der Waals surface area contributed by atoms with Crippen molar-refractivity contribution in [1.29, 1.82) is 0 Å². The number of hydrogen-bond donors (Lipinski definition) is 3. The predicted octanol–water partition coefficient (Wildman–Crippen LogP) is 1.97. The van der Waals surface area contributed by atoms with Crippen LogP contribution in [0.15, 0.2) is 30.5 Å². The minimum atomic E-state index is 0.706. The van der Waals surface area contributed by atoms with Gasteiger partial charge in [-0.15, -0.1) is 0 Å². The summed E-state index contributed by atoms with van der Waals surface area (Å²) in [7, 11) is 0. The van der Waals surface area contributed by atoms with Gasteiger partial charge in [0.05, 0.1) is 5.69 Å². The van der Waals surface area contributed by atoms with E-state index in [-0.39, 0.29) is 0 Å². The summed E-state index contributed by atoms with van der Waals surface area (Å²) in [6, 6.07) is 7.54. The molecule has 0 amide bonds. The monoisotopic (exact) mass is 148 g/mol. The molecule has 0 aliphatic rings. The predicted molar refractivity (Wildman–Crippen MR) is 43.7 cm³/mol. The van der Waals surface area contributed by atoms with Crippen molar-refractivity contribution in [3.05, 3.63) is 30.5 Å². The van der Waals surface area contributed by atoms with Crippen molar-refractivity contribution in [3.8, 4) is 0 Å². The maximum absolute atomic E-state index is 8.57. The molecule has 11 heavy (non-hydrogen) atoms. The van der Waals surface area contributed by atoms with Crippen LogP contribution in [0.5, 0.6) is 0 Å². The fourth-order valence-electron chi connectivity index (χ4n) is 1.12. The second-order valence-electron chi connectivity index (χ2n) is 2.39. The molecule has 0 aliphatic heterocycles. The molecule has 0 radical (unpaired) electrons. The van der Waals surface area contributed by atoms with Crippen molar-refractivity contribution < 1.29 is 5.21 Å².